The lowest BCUT2D eigenvalue weighted by Gasteiger charge is -2.41. The molecule has 4 unspecified atom stereocenters. The monoisotopic (exact) mass is 239 g/mol. The van der Waals surface area contributed by atoms with Crippen LogP contribution in [0.2, 0.25) is 0 Å². The Labute approximate surface area is 107 Å². The number of hydrogen-bond donors (Lipinski definition) is 1. The Kier molecular flexibility index (Phi) is 5.30. The molecule has 2 aliphatic rings. The van der Waals surface area contributed by atoms with E-state index in [0.717, 1.165) is 18.4 Å². The largest absolute Gasteiger partial charge is 0.377 e. The summed E-state index contributed by atoms with van der Waals surface area (Å²) < 4.78 is 6.01. The Morgan fingerprint density at radius 1 is 1.12 bits per heavy atom. The molecule has 1 saturated carbocycles. The van der Waals surface area contributed by atoms with E-state index >= 15 is 0 Å². The van der Waals surface area contributed by atoms with E-state index in [4.69, 9.17) is 4.74 Å². The van der Waals surface area contributed by atoms with Crippen LogP contribution in [0.4, 0.5) is 0 Å². The minimum Gasteiger partial charge on any atom is -0.377 e. The highest BCUT2D eigenvalue weighted by atomic mass is 16.5. The fourth-order valence-corrected chi connectivity index (χ4v) is 3.94. The van der Waals surface area contributed by atoms with Crippen molar-refractivity contribution in [3.63, 3.8) is 0 Å². The van der Waals surface area contributed by atoms with Gasteiger partial charge in [-0.25, -0.2) is 0 Å². The van der Waals surface area contributed by atoms with Gasteiger partial charge in [0.2, 0.25) is 0 Å². The van der Waals surface area contributed by atoms with Gasteiger partial charge in [0.1, 0.15) is 0 Å². The van der Waals surface area contributed by atoms with Crippen LogP contribution in [0.15, 0.2) is 0 Å². The van der Waals surface area contributed by atoms with Gasteiger partial charge in [-0.2, -0.15) is 0 Å². The van der Waals surface area contributed by atoms with Crippen molar-refractivity contribution < 1.29 is 4.74 Å². The van der Waals surface area contributed by atoms with E-state index in [1.807, 2.05) is 0 Å². The van der Waals surface area contributed by atoms with Crippen LogP contribution in [0.25, 0.3) is 0 Å². The van der Waals surface area contributed by atoms with Gasteiger partial charge in [0, 0.05) is 12.6 Å². The van der Waals surface area contributed by atoms with E-state index < -0.39 is 0 Å². The van der Waals surface area contributed by atoms with Crippen LogP contribution in [0.3, 0.4) is 0 Å². The number of nitrogens with one attached hydrogen (secondary N) is 1. The van der Waals surface area contributed by atoms with Crippen LogP contribution in [0, 0.1) is 11.8 Å². The molecule has 0 amide bonds. The quantitative estimate of drug-likeness (QED) is 0.812. The maximum Gasteiger partial charge on any atom is 0.0730 e. The van der Waals surface area contributed by atoms with Crippen molar-refractivity contribution in [2.45, 2.75) is 70.4 Å². The van der Waals surface area contributed by atoms with Crippen LogP contribution >= 0.6 is 0 Å². The van der Waals surface area contributed by atoms with E-state index in [2.05, 4.69) is 19.3 Å². The first-order valence-electron chi connectivity index (χ1n) is 7.65. The van der Waals surface area contributed by atoms with E-state index in [-0.39, 0.29) is 0 Å². The molecule has 2 fully saturated rings. The third-order valence-corrected chi connectivity index (χ3v) is 4.90. The van der Waals surface area contributed by atoms with Gasteiger partial charge in [-0.1, -0.05) is 32.6 Å². The van der Waals surface area contributed by atoms with E-state index in [9.17, 15) is 0 Å². The molecule has 0 aromatic heterocycles. The van der Waals surface area contributed by atoms with E-state index in [1.54, 1.807) is 0 Å². The molecule has 1 N–H and O–H groups in total. The fourth-order valence-electron chi connectivity index (χ4n) is 3.94. The Bertz CT molecular complexity index is 213. The second kappa shape index (κ2) is 6.75. The summed E-state index contributed by atoms with van der Waals surface area (Å²) in [6.07, 6.45) is 11.4. The van der Waals surface area contributed by atoms with Gasteiger partial charge < -0.3 is 10.1 Å². The van der Waals surface area contributed by atoms with Crippen molar-refractivity contribution in [2.75, 3.05) is 13.7 Å². The molecule has 1 heterocycles. The van der Waals surface area contributed by atoms with Gasteiger partial charge in [0.05, 0.1) is 6.10 Å². The zero-order valence-electron chi connectivity index (χ0n) is 11.6. The zero-order valence-corrected chi connectivity index (χ0v) is 11.6. The number of ether oxygens (including phenoxy) is 1. The van der Waals surface area contributed by atoms with Gasteiger partial charge in [0.15, 0.2) is 0 Å². The summed E-state index contributed by atoms with van der Waals surface area (Å²) in [6, 6.07) is 0.598. The lowest BCUT2D eigenvalue weighted by atomic mass is 9.72. The minimum atomic E-state index is 0.478. The molecule has 1 aliphatic heterocycles. The highest BCUT2D eigenvalue weighted by Crippen LogP contribution is 2.37. The second-order valence-electron chi connectivity index (χ2n) is 5.84. The lowest BCUT2D eigenvalue weighted by molar-refractivity contribution is -0.0320. The summed E-state index contributed by atoms with van der Waals surface area (Å²) in [6.45, 7) is 3.34. The highest BCUT2D eigenvalue weighted by Gasteiger charge is 2.35. The third kappa shape index (κ3) is 3.23. The smallest absolute Gasteiger partial charge is 0.0730 e. The molecule has 2 heteroatoms. The van der Waals surface area contributed by atoms with Crippen molar-refractivity contribution in [1.29, 1.82) is 0 Å². The van der Waals surface area contributed by atoms with Crippen molar-refractivity contribution >= 4 is 0 Å². The standard InChI is InChI=1S/C15H29NO/c1-3-12-8-4-5-9-13(12)15(16-2)14-10-6-7-11-17-14/h12-16H,3-11H2,1-2H3. The van der Waals surface area contributed by atoms with Gasteiger partial charge in [-0.3, -0.25) is 0 Å². The molecular formula is C15H29NO. The second-order valence-corrected chi connectivity index (χ2v) is 5.84. The molecule has 4 atom stereocenters. The van der Waals surface area contributed by atoms with Crippen LogP contribution in [-0.2, 0) is 4.74 Å². The summed E-state index contributed by atoms with van der Waals surface area (Å²) in [7, 11) is 2.13. The predicted molar refractivity (Wildman–Crippen MR) is 72.2 cm³/mol. The first kappa shape index (κ1) is 13.4. The number of likely N-dealkylation sites (N-methyl/N-ethyl adjacent to an activating group) is 1. The highest BCUT2D eigenvalue weighted by molar-refractivity contribution is 4.89. The van der Waals surface area contributed by atoms with Crippen molar-refractivity contribution in [3.05, 3.63) is 0 Å². The SMILES string of the molecule is CCC1CCCCC1C(NC)C1CCCCO1. The van der Waals surface area contributed by atoms with Gasteiger partial charge in [-0.05, 0) is 44.6 Å². The molecule has 100 valence electrons. The molecule has 2 rings (SSSR count). The molecule has 0 radical (unpaired) electrons. The Morgan fingerprint density at radius 3 is 2.53 bits per heavy atom. The maximum atomic E-state index is 6.01. The molecule has 0 aromatic rings. The molecule has 1 aliphatic carbocycles. The summed E-state index contributed by atoms with van der Waals surface area (Å²) in [5, 5.41) is 3.58. The summed E-state index contributed by atoms with van der Waals surface area (Å²) in [4.78, 5) is 0. The first-order chi connectivity index (χ1) is 8.36. The molecular weight excluding hydrogens is 210 g/mol. The maximum absolute atomic E-state index is 6.01. The van der Waals surface area contributed by atoms with Gasteiger partial charge >= 0.3 is 0 Å². The summed E-state index contributed by atoms with van der Waals surface area (Å²) >= 11 is 0. The Balaban J connectivity index is 1.99. The predicted octanol–water partition coefficient (Wildman–Crippen LogP) is 3.36. The van der Waals surface area contributed by atoms with Crippen LogP contribution in [0.5, 0.6) is 0 Å². The molecule has 2 nitrogen and oxygen atoms in total. The Morgan fingerprint density at radius 2 is 1.88 bits per heavy atom. The van der Waals surface area contributed by atoms with Crippen LogP contribution in [-0.4, -0.2) is 25.8 Å². The molecule has 17 heavy (non-hydrogen) atoms. The minimum absolute atomic E-state index is 0.478. The van der Waals surface area contributed by atoms with Gasteiger partial charge in [0.25, 0.3) is 0 Å². The summed E-state index contributed by atoms with van der Waals surface area (Å²) in [5.41, 5.74) is 0. The molecule has 0 bridgehead atoms. The van der Waals surface area contributed by atoms with E-state index in [0.29, 0.717) is 12.1 Å². The fraction of sp³-hybridized carbons (Fsp3) is 1.00. The average Bonchev–Trinajstić information content (AvgIpc) is 2.41. The van der Waals surface area contributed by atoms with Crippen molar-refractivity contribution in [2.24, 2.45) is 11.8 Å². The van der Waals surface area contributed by atoms with Crippen LogP contribution < -0.4 is 5.32 Å². The molecule has 1 saturated heterocycles. The summed E-state index contributed by atoms with van der Waals surface area (Å²) in [5.74, 6) is 1.77. The lowest BCUT2D eigenvalue weighted by Crippen LogP contribution is -2.49. The average molecular weight is 239 g/mol. The topological polar surface area (TPSA) is 21.3 Å². The molecule has 0 spiro atoms. The normalized spacial score (nSPS) is 36.7. The third-order valence-electron chi connectivity index (χ3n) is 4.90. The van der Waals surface area contributed by atoms with Crippen molar-refractivity contribution in [3.8, 4) is 0 Å². The number of hydrogen-bond acceptors (Lipinski definition) is 2. The Hall–Kier alpha value is -0.0800. The molecule has 0 aromatic carbocycles. The van der Waals surface area contributed by atoms with E-state index in [1.165, 1.54) is 51.4 Å². The first-order valence-corrected chi connectivity index (χ1v) is 7.65. The van der Waals surface area contributed by atoms with Crippen molar-refractivity contribution in [1.82, 2.24) is 5.32 Å². The van der Waals surface area contributed by atoms with Gasteiger partial charge in [-0.15, -0.1) is 0 Å². The zero-order chi connectivity index (χ0) is 12.1. The van der Waals surface area contributed by atoms with Crippen LogP contribution in [0.1, 0.15) is 58.3 Å². The number of rotatable bonds is 4.